The Morgan fingerprint density at radius 2 is 1.92 bits per heavy atom. The van der Waals surface area contributed by atoms with E-state index in [2.05, 4.69) is 13.8 Å². The van der Waals surface area contributed by atoms with E-state index in [-0.39, 0.29) is 0 Å². The highest BCUT2D eigenvalue weighted by Crippen LogP contribution is 2.52. The van der Waals surface area contributed by atoms with Gasteiger partial charge in [0.1, 0.15) is 0 Å². The van der Waals surface area contributed by atoms with Gasteiger partial charge in [-0.05, 0) is 42.9 Å². The molecule has 0 spiro atoms. The molecule has 13 heavy (non-hydrogen) atoms. The standard InChI is InChI=1S/C13H24/c1-3-11-6-5-9-13(2,10-11)12-7-4-8-12/h11-12H,3-10H2,1-2H3/t11-,13?/m1/s1. The Kier molecular flexibility index (Phi) is 2.67. The summed E-state index contributed by atoms with van der Waals surface area (Å²) in [6.07, 6.45) is 12.1. The Morgan fingerprint density at radius 3 is 2.46 bits per heavy atom. The van der Waals surface area contributed by atoms with E-state index in [4.69, 9.17) is 0 Å². The third-order valence-electron chi connectivity index (χ3n) is 4.78. The molecule has 0 radical (unpaired) electrons. The van der Waals surface area contributed by atoms with Gasteiger partial charge in [0.15, 0.2) is 0 Å². The van der Waals surface area contributed by atoms with Crippen molar-refractivity contribution in [3.8, 4) is 0 Å². The monoisotopic (exact) mass is 180 g/mol. The largest absolute Gasteiger partial charge is 0.0651 e. The Balaban J connectivity index is 1.95. The van der Waals surface area contributed by atoms with Crippen molar-refractivity contribution in [3.05, 3.63) is 0 Å². The van der Waals surface area contributed by atoms with E-state index < -0.39 is 0 Å². The van der Waals surface area contributed by atoms with Gasteiger partial charge in [0.2, 0.25) is 0 Å². The van der Waals surface area contributed by atoms with Crippen molar-refractivity contribution in [2.75, 3.05) is 0 Å². The van der Waals surface area contributed by atoms with Crippen LogP contribution in [0.15, 0.2) is 0 Å². The second-order valence-electron chi connectivity index (χ2n) is 5.65. The summed E-state index contributed by atoms with van der Waals surface area (Å²) in [6, 6.07) is 0. The topological polar surface area (TPSA) is 0 Å². The van der Waals surface area contributed by atoms with Gasteiger partial charge in [-0.2, -0.15) is 0 Å². The molecule has 0 aliphatic heterocycles. The normalized spacial score (nSPS) is 41.5. The van der Waals surface area contributed by atoms with E-state index in [0.29, 0.717) is 0 Å². The van der Waals surface area contributed by atoms with Gasteiger partial charge >= 0.3 is 0 Å². The van der Waals surface area contributed by atoms with Crippen LogP contribution in [0.1, 0.15) is 65.2 Å². The number of hydrogen-bond acceptors (Lipinski definition) is 0. The summed E-state index contributed by atoms with van der Waals surface area (Å²) in [4.78, 5) is 0. The van der Waals surface area contributed by atoms with Gasteiger partial charge in [-0.1, -0.05) is 39.5 Å². The van der Waals surface area contributed by atoms with Gasteiger partial charge in [0.05, 0.1) is 0 Å². The maximum Gasteiger partial charge on any atom is -0.0295 e. The Hall–Kier alpha value is 0. The lowest BCUT2D eigenvalue weighted by atomic mass is 9.58. The van der Waals surface area contributed by atoms with Gasteiger partial charge in [-0.15, -0.1) is 0 Å². The molecule has 0 N–H and O–H groups in total. The average Bonchev–Trinajstić information content (AvgIpc) is 2.00. The minimum atomic E-state index is 0.747. The maximum atomic E-state index is 2.57. The summed E-state index contributed by atoms with van der Waals surface area (Å²) in [6.45, 7) is 4.94. The summed E-state index contributed by atoms with van der Waals surface area (Å²) in [5.41, 5.74) is 0.747. The first kappa shape index (κ1) is 9.55. The third-order valence-corrected chi connectivity index (χ3v) is 4.78. The van der Waals surface area contributed by atoms with E-state index in [9.17, 15) is 0 Å². The predicted molar refractivity (Wildman–Crippen MR) is 57.7 cm³/mol. The molecule has 2 aliphatic rings. The molecular formula is C13H24. The van der Waals surface area contributed by atoms with E-state index >= 15 is 0 Å². The van der Waals surface area contributed by atoms with Crippen LogP contribution in [0.25, 0.3) is 0 Å². The molecule has 1 unspecified atom stereocenters. The summed E-state index contributed by atoms with van der Waals surface area (Å²) in [7, 11) is 0. The van der Waals surface area contributed by atoms with Gasteiger partial charge in [0, 0.05) is 0 Å². The second-order valence-corrected chi connectivity index (χ2v) is 5.65. The maximum absolute atomic E-state index is 2.57. The van der Waals surface area contributed by atoms with E-state index in [1.54, 1.807) is 0 Å². The number of hydrogen-bond donors (Lipinski definition) is 0. The summed E-state index contributed by atoms with van der Waals surface area (Å²) >= 11 is 0. The zero-order valence-electron chi connectivity index (χ0n) is 9.31. The molecule has 2 fully saturated rings. The molecule has 76 valence electrons. The molecule has 0 nitrogen and oxygen atoms in total. The quantitative estimate of drug-likeness (QED) is 0.591. The van der Waals surface area contributed by atoms with E-state index in [0.717, 1.165) is 17.3 Å². The molecule has 2 atom stereocenters. The third kappa shape index (κ3) is 1.78. The SMILES string of the molecule is CC[C@@H]1CCCC(C)(C2CCC2)C1. The number of rotatable bonds is 2. The fourth-order valence-electron chi connectivity index (χ4n) is 3.48. The molecule has 0 saturated heterocycles. The van der Waals surface area contributed by atoms with Crippen LogP contribution in [-0.2, 0) is 0 Å². The lowest BCUT2D eigenvalue weighted by Gasteiger charge is -2.48. The molecule has 0 heterocycles. The molecular weight excluding hydrogens is 156 g/mol. The first-order valence-electron chi connectivity index (χ1n) is 6.24. The van der Waals surface area contributed by atoms with Crippen LogP contribution in [0.2, 0.25) is 0 Å². The van der Waals surface area contributed by atoms with Crippen molar-refractivity contribution in [1.82, 2.24) is 0 Å². The van der Waals surface area contributed by atoms with Crippen LogP contribution in [0.5, 0.6) is 0 Å². The van der Waals surface area contributed by atoms with Crippen LogP contribution in [-0.4, -0.2) is 0 Å². The first-order valence-corrected chi connectivity index (χ1v) is 6.24. The minimum absolute atomic E-state index is 0.747. The summed E-state index contributed by atoms with van der Waals surface area (Å²) < 4.78 is 0. The highest BCUT2D eigenvalue weighted by molar-refractivity contribution is 4.91. The Bertz CT molecular complexity index is 169. The molecule has 0 aromatic rings. The Morgan fingerprint density at radius 1 is 1.15 bits per heavy atom. The summed E-state index contributed by atoms with van der Waals surface area (Å²) in [5.74, 6) is 2.15. The van der Waals surface area contributed by atoms with Crippen molar-refractivity contribution >= 4 is 0 Å². The lowest BCUT2D eigenvalue weighted by Crippen LogP contribution is -2.36. The molecule has 0 bridgehead atoms. The molecule has 2 saturated carbocycles. The fourth-order valence-corrected chi connectivity index (χ4v) is 3.48. The smallest absolute Gasteiger partial charge is 0.0295 e. The molecule has 0 amide bonds. The zero-order valence-corrected chi connectivity index (χ0v) is 9.31. The Labute approximate surface area is 83.1 Å². The van der Waals surface area contributed by atoms with Crippen molar-refractivity contribution in [2.45, 2.75) is 65.2 Å². The highest BCUT2D eigenvalue weighted by Gasteiger charge is 2.40. The predicted octanol–water partition coefficient (Wildman–Crippen LogP) is 4.39. The van der Waals surface area contributed by atoms with Crippen LogP contribution >= 0.6 is 0 Å². The van der Waals surface area contributed by atoms with Gasteiger partial charge in [-0.25, -0.2) is 0 Å². The average molecular weight is 180 g/mol. The lowest BCUT2D eigenvalue weighted by molar-refractivity contribution is 0.0341. The van der Waals surface area contributed by atoms with Gasteiger partial charge in [0.25, 0.3) is 0 Å². The molecule has 2 aliphatic carbocycles. The van der Waals surface area contributed by atoms with Gasteiger partial charge < -0.3 is 0 Å². The van der Waals surface area contributed by atoms with E-state index in [1.807, 2.05) is 0 Å². The minimum Gasteiger partial charge on any atom is -0.0651 e. The van der Waals surface area contributed by atoms with Crippen LogP contribution in [0.3, 0.4) is 0 Å². The fraction of sp³-hybridized carbons (Fsp3) is 1.00. The summed E-state index contributed by atoms with van der Waals surface area (Å²) in [5, 5.41) is 0. The van der Waals surface area contributed by atoms with Crippen molar-refractivity contribution in [3.63, 3.8) is 0 Å². The zero-order chi connectivity index (χ0) is 9.31. The van der Waals surface area contributed by atoms with Crippen molar-refractivity contribution in [1.29, 1.82) is 0 Å². The first-order chi connectivity index (χ1) is 6.24. The molecule has 2 rings (SSSR count). The second kappa shape index (κ2) is 3.63. The highest BCUT2D eigenvalue weighted by atomic mass is 14.5. The van der Waals surface area contributed by atoms with Crippen LogP contribution in [0.4, 0.5) is 0 Å². The molecule has 0 aromatic heterocycles. The molecule has 0 heteroatoms. The van der Waals surface area contributed by atoms with Crippen molar-refractivity contribution < 1.29 is 0 Å². The molecule has 0 aromatic carbocycles. The van der Waals surface area contributed by atoms with Crippen molar-refractivity contribution in [2.24, 2.45) is 17.3 Å². The van der Waals surface area contributed by atoms with Gasteiger partial charge in [-0.3, -0.25) is 0 Å². The van der Waals surface area contributed by atoms with Crippen LogP contribution < -0.4 is 0 Å². The van der Waals surface area contributed by atoms with Crippen LogP contribution in [0, 0.1) is 17.3 Å². The van der Waals surface area contributed by atoms with E-state index in [1.165, 1.54) is 51.4 Å².